The monoisotopic (exact) mass is 300 g/mol. The van der Waals surface area contributed by atoms with Crippen LogP contribution in [0.5, 0.6) is 5.75 Å². The summed E-state index contributed by atoms with van der Waals surface area (Å²) < 4.78 is 22.7. The molecule has 0 radical (unpaired) electrons. The summed E-state index contributed by atoms with van der Waals surface area (Å²) in [5, 5.41) is 0. The molecule has 0 aliphatic carbocycles. The molecule has 4 nitrogen and oxygen atoms in total. The number of ether oxygens (including phenoxy) is 4. The van der Waals surface area contributed by atoms with Crippen molar-refractivity contribution in [2.45, 2.75) is 19.0 Å². The van der Waals surface area contributed by atoms with Crippen molar-refractivity contribution in [3.8, 4) is 5.75 Å². The molecule has 0 atom stereocenters. The Bertz CT molecular complexity index is 577. The molecule has 1 aliphatic rings. The Morgan fingerprint density at radius 2 is 1.64 bits per heavy atom. The second-order valence-corrected chi connectivity index (χ2v) is 5.15. The number of rotatable bonds is 5. The Morgan fingerprint density at radius 3 is 2.36 bits per heavy atom. The predicted octanol–water partition coefficient (Wildman–Crippen LogP) is 3.33. The van der Waals surface area contributed by atoms with E-state index in [1.54, 1.807) is 7.11 Å². The molecule has 1 fully saturated rings. The van der Waals surface area contributed by atoms with Crippen LogP contribution in [0, 0.1) is 0 Å². The highest BCUT2D eigenvalue weighted by Crippen LogP contribution is 2.25. The lowest BCUT2D eigenvalue weighted by Gasteiger charge is -2.29. The third kappa shape index (κ3) is 3.65. The summed E-state index contributed by atoms with van der Waals surface area (Å²) in [5.74, 6) is 0.835. The Kier molecular flexibility index (Phi) is 5.06. The average Bonchev–Trinajstić information content (AvgIpc) is 2.61. The zero-order chi connectivity index (χ0) is 15.2. The molecule has 0 unspecified atom stereocenters. The van der Waals surface area contributed by atoms with Crippen molar-refractivity contribution < 1.29 is 18.9 Å². The highest BCUT2D eigenvalue weighted by Gasteiger charge is 2.24. The maximum Gasteiger partial charge on any atom is 0.184 e. The number of benzene rings is 2. The minimum absolute atomic E-state index is 0.0649. The zero-order valence-electron chi connectivity index (χ0n) is 12.6. The summed E-state index contributed by atoms with van der Waals surface area (Å²) in [6, 6.07) is 17.8. The van der Waals surface area contributed by atoms with Gasteiger partial charge in [-0.2, -0.15) is 0 Å². The third-order valence-electron chi connectivity index (χ3n) is 3.61. The first kappa shape index (κ1) is 15.0. The van der Waals surface area contributed by atoms with Gasteiger partial charge in [-0.05, 0) is 6.07 Å². The van der Waals surface area contributed by atoms with Crippen LogP contribution >= 0.6 is 0 Å². The van der Waals surface area contributed by atoms with Gasteiger partial charge in [-0.25, -0.2) is 0 Å². The molecular formula is C18H20O4. The average molecular weight is 300 g/mol. The number of para-hydroxylation sites is 1. The van der Waals surface area contributed by atoms with E-state index in [2.05, 4.69) is 0 Å². The summed E-state index contributed by atoms with van der Waals surface area (Å²) in [5.41, 5.74) is 2.06. The lowest BCUT2D eigenvalue weighted by molar-refractivity contribution is -0.232. The maximum atomic E-state index is 5.87. The van der Waals surface area contributed by atoms with Crippen LogP contribution in [0.3, 0.4) is 0 Å². The molecule has 22 heavy (non-hydrogen) atoms. The molecule has 0 spiro atoms. The largest absolute Gasteiger partial charge is 0.496 e. The highest BCUT2D eigenvalue weighted by atomic mass is 16.7. The van der Waals surface area contributed by atoms with Crippen LogP contribution in [0.4, 0.5) is 0 Å². The van der Waals surface area contributed by atoms with Gasteiger partial charge in [0.25, 0.3) is 0 Å². The summed E-state index contributed by atoms with van der Waals surface area (Å²) in [7, 11) is 1.66. The van der Waals surface area contributed by atoms with Crippen LogP contribution in [-0.4, -0.2) is 26.4 Å². The topological polar surface area (TPSA) is 36.9 Å². The van der Waals surface area contributed by atoms with Crippen molar-refractivity contribution in [3.05, 3.63) is 65.7 Å². The summed E-state index contributed by atoms with van der Waals surface area (Å²) in [6.07, 6.45) is -0.364. The molecule has 0 bridgehead atoms. The molecule has 1 heterocycles. The first-order chi connectivity index (χ1) is 10.9. The fraction of sp³-hybridized carbons (Fsp3) is 0.333. The van der Waals surface area contributed by atoms with Crippen molar-refractivity contribution in [1.82, 2.24) is 0 Å². The maximum absolute atomic E-state index is 5.87. The second-order valence-electron chi connectivity index (χ2n) is 5.15. The lowest BCUT2D eigenvalue weighted by Crippen LogP contribution is -2.33. The van der Waals surface area contributed by atoms with Gasteiger partial charge in [-0.3, -0.25) is 0 Å². The Morgan fingerprint density at radius 1 is 0.955 bits per heavy atom. The van der Waals surface area contributed by atoms with Crippen LogP contribution in [0.25, 0.3) is 0 Å². The molecule has 2 aromatic rings. The quantitative estimate of drug-likeness (QED) is 0.849. The fourth-order valence-corrected chi connectivity index (χ4v) is 2.41. The summed E-state index contributed by atoms with van der Waals surface area (Å²) in [6.45, 7) is 1.53. The number of methoxy groups -OCH3 is 1. The van der Waals surface area contributed by atoms with Crippen LogP contribution < -0.4 is 4.74 Å². The predicted molar refractivity (Wildman–Crippen MR) is 82.7 cm³/mol. The minimum atomic E-state index is -0.299. The lowest BCUT2D eigenvalue weighted by atomic mass is 10.2. The first-order valence-electron chi connectivity index (χ1n) is 7.38. The highest BCUT2D eigenvalue weighted by molar-refractivity contribution is 5.32. The van der Waals surface area contributed by atoms with Gasteiger partial charge >= 0.3 is 0 Å². The Hall–Kier alpha value is -1.88. The van der Waals surface area contributed by atoms with Crippen LogP contribution in [0.15, 0.2) is 54.6 Å². The molecule has 1 aliphatic heterocycles. The molecule has 116 valence electrons. The van der Waals surface area contributed by atoms with E-state index >= 15 is 0 Å². The van der Waals surface area contributed by atoms with Crippen molar-refractivity contribution in [3.63, 3.8) is 0 Å². The molecule has 0 saturated carbocycles. The molecule has 2 aromatic carbocycles. The van der Waals surface area contributed by atoms with E-state index in [-0.39, 0.29) is 12.4 Å². The van der Waals surface area contributed by atoms with Gasteiger partial charge in [-0.1, -0.05) is 48.5 Å². The van der Waals surface area contributed by atoms with Crippen LogP contribution in [-0.2, 0) is 20.8 Å². The van der Waals surface area contributed by atoms with E-state index in [9.17, 15) is 0 Å². The van der Waals surface area contributed by atoms with E-state index in [0.717, 1.165) is 16.9 Å². The summed E-state index contributed by atoms with van der Waals surface area (Å²) in [4.78, 5) is 0. The summed E-state index contributed by atoms with van der Waals surface area (Å²) >= 11 is 0. The molecular weight excluding hydrogens is 280 g/mol. The normalized spacial score (nSPS) is 21.5. The zero-order valence-corrected chi connectivity index (χ0v) is 12.6. The molecule has 0 N–H and O–H groups in total. The molecule has 0 amide bonds. The van der Waals surface area contributed by atoms with Crippen molar-refractivity contribution in [2.24, 2.45) is 0 Å². The smallest absolute Gasteiger partial charge is 0.184 e. The number of hydrogen-bond acceptors (Lipinski definition) is 4. The first-order valence-corrected chi connectivity index (χ1v) is 7.38. The molecule has 3 rings (SSSR count). The Balaban J connectivity index is 1.50. The molecule has 0 aromatic heterocycles. The number of hydrogen-bond donors (Lipinski definition) is 0. The van der Waals surface area contributed by atoms with Crippen molar-refractivity contribution in [1.29, 1.82) is 0 Å². The minimum Gasteiger partial charge on any atom is -0.496 e. The van der Waals surface area contributed by atoms with Gasteiger partial charge in [0.15, 0.2) is 6.29 Å². The third-order valence-corrected chi connectivity index (χ3v) is 3.61. The van der Waals surface area contributed by atoms with E-state index in [1.165, 1.54) is 0 Å². The van der Waals surface area contributed by atoms with E-state index < -0.39 is 0 Å². The van der Waals surface area contributed by atoms with Gasteiger partial charge in [0.05, 0.1) is 26.9 Å². The second kappa shape index (κ2) is 7.40. The van der Waals surface area contributed by atoms with Crippen LogP contribution in [0.2, 0.25) is 0 Å². The standard InChI is InChI=1S/C18H20O4/c1-19-17-10-6-5-9-15(17)11-20-16-12-21-18(22-13-16)14-7-3-2-4-8-14/h2-10,16,18H,11-13H2,1H3. The SMILES string of the molecule is COc1ccccc1COC1COC(c2ccccc2)OC1. The van der Waals surface area contributed by atoms with Crippen molar-refractivity contribution >= 4 is 0 Å². The van der Waals surface area contributed by atoms with E-state index in [1.807, 2.05) is 54.6 Å². The van der Waals surface area contributed by atoms with E-state index in [0.29, 0.717) is 19.8 Å². The van der Waals surface area contributed by atoms with Gasteiger partial charge < -0.3 is 18.9 Å². The van der Waals surface area contributed by atoms with E-state index in [4.69, 9.17) is 18.9 Å². The van der Waals surface area contributed by atoms with Crippen molar-refractivity contribution in [2.75, 3.05) is 20.3 Å². The van der Waals surface area contributed by atoms with Gasteiger partial charge in [0, 0.05) is 11.1 Å². The van der Waals surface area contributed by atoms with Gasteiger partial charge in [0.2, 0.25) is 0 Å². The molecule has 4 heteroatoms. The van der Waals surface area contributed by atoms with Gasteiger partial charge in [0.1, 0.15) is 11.9 Å². The Labute approximate surface area is 130 Å². The van der Waals surface area contributed by atoms with Gasteiger partial charge in [-0.15, -0.1) is 0 Å². The fourth-order valence-electron chi connectivity index (χ4n) is 2.41. The van der Waals surface area contributed by atoms with Crippen LogP contribution in [0.1, 0.15) is 17.4 Å². The molecule has 1 saturated heterocycles.